The van der Waals surface area contributed by atoms with Gasteiger partial charge in [0.05, 0.1) is 10.9 Å². The first-order chi connectivity index (χ1) is 10.0. The predicted molar refractivity (Wildman–Crippen MR) is 86.6 cm³/mol. The molecule has 0 bridgehead atoms. The van der Waals surface area contributed by atoms with Gasteiger partial charge in [-0.3, -0.25) is 9.78 Å². The first-order valence-corrected chi connectivity index (χ1v) is 7.57. The quantitative estimate of drug-likeness (QED) is 0.832. The molecule has 1 fully saturated rings. The molecule has 0 spiro atoms. The minimum absolute atomic E-state index is 0.127. The molecule has 5 nitrogen and oxygen atoms in total. The average molecular weight is 286 g/mol. The molecule has 2 aromatic rings. The van der Waals surface area contributed by atoms with Crippen molar-refractivity contribution < 1.29 is 0 Å². The molecule has 5 heteroatoms. The van der Waals surface area contributed by atoms with E-state index in [0.29, 0.717) is 28.6 Å². The van der Waals surface area contributed by atoms with Crippen LogP contribution in [0.4, 0.5) is 11.6 Å². The number of rotatable bonds is 2. The summed E-state index contributed by atoms with van der Waals surface area (Å²) in [6, 6.07) is 5.71. The van der Waals surface area contributed by atoms with Crippen LogP contribution in [0.1, 0.15) is 32.6 Å². The van der Waals surface area contributed by atoms with Gasteiger partial charge >= 0.3 is 0 Å². The first kappa shape index (κ1) is 13.9. The molecule has 0 aliphatic heterocycles. The summed E-state index contributed by atoms with van der Waals surface area (Å²) in [7, 11) is 2.02. The lowest BCUT2D eigenvalue weighted by molar-refractivity contribution is 0.339. The van der Waals surface area contributed by atoms with E-state index in [1.54, 1.807) is 18.2 Å². The summed E-state index contributed by atoms with van der Waals surface area (Å²) in [5, 5.41) is 0.546. The number of nitrogens with two attached hydrogens (primary N) is 1. The van der Waals surface area contributed by atoms with Gasteiger partial charge in [0.1, 0.15) is 0 Å². The number of anilines is 2. The third-order valence-electron chi connectivity index (χ3n) is 4.58. The normalized spacial score (nSPS) is 22.4. The number of hydrogen-bond donors (Lipinski definition) is 2. The van der Waals surface area contributed by atoms with Crippen LogP contribution in [0.3, 0.4) is 0 Å². The average Bonchev–Trinajstić information content (AvgIpc) is 2.48. The Morgan fingerprint density at radius 2 is 2.00 bits per heavy atom. The molecule has 3 N–H and O–H groups in total. The van der Waals surface area contributed by atoms with E-state index < -0.39 is 0 Å². The number of aromatic nitrogens is 2. The maximum Gasteiger partial charge on any atom is 0.260 e. The molecule has 1 heterocycles. The van der Waals surface area contributed by atoms with Crippen LogP contribution in [0, 0.1) is 5.92 Å². The van der Waals surface area contributed by atoms with Gasteiger partial charge in [0.25, 0.3) is 5.56 Å². The van der Waals surface area contributed by atoms with E-state index >= 15 is 0 Å². The maximum absolute atomic E-state index is 12.2. The van der Waals surface area contributed by atoms with Crippen molar-refractivity contribution >= 4 is 22.5 Å². The van der Waals surface area contributed by atoms with E-state index in [1.807, 2.05) is 7.05 Å². The van der Waals surface area contributed by atoms with Crippen molar-refractivity contribution in [1.29, 1.82) is 0 Å². The number of fused-ring (bicyclic) bond motifs is 1. The zero-order valence-electron chi connectivity index (χ0n) is 12.6. The molecule has 0 atom stereocenters. The largest absolute Gasteiger partial charge is 0.399 e. The molecule has 0 saturated heterocycles. The van der Waals surface area contributed by atoms with Gasteiger partial charge in [0.2, 0.25) is 5.95 Å². The Balaban J connectivity index is 1.93. The topological polar surface area (TPSA) is 75.0 Å². The number of aromatic amines is 1. The van der Waals surface area contributed by atoms with Crippen molar-refractivity contribution in [1.82, 2.24) is 9.97 Å². The fourth-order valence-electron chi connectivity index (χ4n) is 3.11. The number of nitrogen functional groups attached to an aromatic ring is 1. The standard InChI is InChI=1S/C16H22N4O/c1-10-3-6-12(7-4-10)20(2)16-18-14-8-5-11(17)9-13(14)15(21)19-16/h5,8-10,12H,3-4,6-7,17H2,1-2H3,(H,18,19,21). The lowest BCUT2D eigenvalue weighted by atomic mass is 9.87. The maximum atomic E-state index is 12.2. The van der Waals surface area contributed by atoms with Gasteiger partial charge in [-0.2, -0.15) is 0 Å². The summed E-state index contributed by atoms with van der Waals surface area (Å²) in [4.78, 5) is 21.8. The number of hydrogen-bond acceptors (Lipinski definition) is 4. The summed E-state index contributed by atoms with van der Waals surface area (Å²) in [6.45, 7) is 2.30. The SMILES string of the molecule is CC1CCC(N(C)c2nc3ccc(N)cc3c(=O)[nH]2)CC1. The fraction of sp³-hybridized carbons (Fsp3) is 0.500. The number of nitrogens with zero attached hydrogens (tertiary/aromatic N) is 2. The van der Waals surface area contributed by atoms with Crippen LogP contribution in [0.2, 0.25) is 0 Å². The van der Waals surface area contributed by atoms with Gasteiger partial charge in [-0.1, -0.05) is 6.92 Å². The second kappa shape index (κ2) is 5.39. The van der Waals surface area contributed by atoms with Crippen LogP contribution in [0.15, 0.2) is 23.0 Å². The smallest absolute Gasteiger partial charge is 0.260 e. The fourth-order valence-corrected chi connectivity index (χ4v) is 3.11. The summed E-state index contributed by atoms with van der Waals surface area (Å²) >= 11 is 0. The second-order valence-electron chi connectivity index (χ2n) is 6.19. The van der Waals surface area contributed by atoms with Gasteiger partial charge in [-0.25, -0.2) is 4.98 Å². The summed E-state index contributed by atoms with van der Waals surface area (Å²) in [5.41, 5.74) is 6.88. The molecule has 1 aromatic carbocycles. The highest BCUT2D eigenvalue weighted by atomic mass is 16.1. The van der Waals surface area contributed by atoms with Gasteiger partial charge in [0.15, 0.2) is 0 Å². The highest BCUT2D eigenvalue weighted by Crippen LogP contribution is 2.28. The molecule has 1 aliphatic rings. The summed E-state index contributed by atoms with van der Waals surface area (Å²) in [6.07, 6.45) is 4.79. The van der Waals surface area contributed by atoms with E-state index in [0.717, 1.165) is 18.8 Å². The zero-order chi connectivity index (χ0) is 15.0. The van der Waals surface area contributed by atoms with Crippen molar-refractivity contribution in [3.63, 3.8) is 0 Å². The highest BCUT2D eigenvalue weighted by Gasteiger charge is 2.23. The third kappa shape index (κ3) is 2.73. The van der Waals surface area contributed by atoms with Crippen molar-refractivity contribution in [3.8, 4) is 0 Å². The Kier molecular flexibility index (Phi) is 3.57. The lowest BCUT2D eigenvalue weighted by Crippen LogP contribution is -2.36. The predicted octanol–water partition coefficient (Wildman–Crippen LogP) is 2.52. The molecular weight excluding hydrogens is 264 g/mol. The molecular formula is C16H22N4O. The van der Waals surface area contributed by atoms with Crippen LogP contribution in [-0.2, 0) is 0 Å². The minimum atomic E-state index is -0.127. The summed E-state index contributed by atoms with van der Waals surface area (Å²) in [5.74, 6) is 1.46. The molecule has 21 heavy (non-hydrogen) atoms. The van der Waals surface area contributed by atoms with Crippen LogP contribution in [-0.4, -0.2) is 23.1 Å². The second-order valence-corrected chi connectivity index (χ2v) is 6.19. The molecule has 0 unspecified atom stereocenters. The molecule has 1 aliphatic carbocycles. The molecule has 3 rings (SSSR count). The number of H-pyrrole nitrogens is 1. The van der Waals surface area contributed by atoms with Crippen LogP contribution < -0.4 is 16.2 Å². The van der Waals surface area contributed by atoms with E-state index in [4.69, 9.17) is 5.73 Å². The molecule has 1 aromatic heterocycles. The lowest BCUT2D eigenvalue weighted by Gasteiger charge is -2.33. The van der Waals surface area contributed by atoms with Gasteiger partial charge in [-0.15, -0.1) is 0 Å². The molecule has 1 saturated carbocycles. The van der Waals surface area contributed by atoms with E-state index in [9.17, 15) is 4.79 Å². The number of benzene rings is 1. The van der Waals surface area contributed by atoms with Crippen molar-refractivity contribution in [2.75, 3.05) is 17.7 Å². The van der Waals surface area contributed by atoms with Crippen LogP contribution >= 0.6 is 0 Å². The first-order valence-electron chi connectivity index (χ1n) is 7.57. The van der Waals surface area contributed by atoms with Gasteiger partial charge in [0, 0.05) is 18.8 Å². The Labute approximate surface area is 124 Å². The third-order valence-corrected chi connectivity index (χ3v) is 4.58. The van der Waals surface area contributed by atoms with E-state index in [-0.39, 0.29) is 5.56 Å². The van der Waals surface area contributed by atoms with Gasteiger partial charge < -0.3 is 10.6 Å². The van der Waals surface area contributed by atoms with Crippen molar-refractivity contribution in [3.05, 3.63) is 28.6 Å². The Morgan fingerprint density at radius 3 is 2.71 bits per heavy atom. The van der Waals surface area contributed by atoms with Crippen LogP contribution in [0.25, 0.3) is 10.9 Å². The van der Waals surface area contributed by atoms with E-state index in [2.05, 4.69) is 21.8 Å². The number of nitrogens with one attached hydrogen (secondary N) is 1. The van der Waals surface area contributed by atoms with Gasteiger partial charge in [-0.05, 0) is 49.8 Å². The monoisotopic (exact) mass is 286 g/mol. The zero-order valence-corrected chi connectivity index (χ0v) is 12.6. The van der Waals surface area contributed by atoms with E-state index in [1.165, 1.54) is 12.8 Å². The van der Waals surface area contributed by atoms with Crippen molar-refractivity contribution in [2.45, 2.75) is 38.6 Å². The van der Waals surface area contributed by atoms with Crippen molar-refractivity contribution in [2.24, 2.45) is 5.92 Å². The Morgan fingerprint density at radius 1 is 1.29 bits per heavy atom. The molecule has 112 valence electrons. The highest BCUT2D eigenvalue weighted by molar-refractivity contribution is 5.81. The summed E-state index contributed by atoms with van der Waals surface area (Å²) < 4.78 is 0. The van der Waals surface area contributed by atoms with Crippen LogP contribution in [0.5, 0.6) is 0 Å². The molecule has 0 radical (unpaired) electrons. The minimum Gasteiger partial charge on any atom is -0.399 e. The Bertz CT molecular complexity index is 701. The molecule has 0 amide bonds. The Hall–Kier alpha value is -2.04.